The van der Waals surface area contributed by atoms with Crippen molar-refractivity contribution in [2.24, 2.45) is 22.0 Å². The summed E-state index contributed by atoms with van der Waals surface area (Å²) in [5.74, 6) is -1.46. The van der Waals surface area contributed by atoms with Gasteiger partial charge in [-0.3, -0.25) is 9.59 Å². The first kappa shape index (κ1) is 15.1. The van der Waals surface area contributed by atoms with Gasteiger partial charge in [0.25, 0.3) is 0 Å². The molecule has 0 aliphatic carbocycles. The van der Waals surface area contributed by atoms with Crippen molar-refractivity contribution in [3.05, 3.63) is 35.9 Å². The van der Waals surface area contributed by atoms with Crippen LogP contribution in [0.3, 0.4) is 0 Å². The number of hydrazone groups is 2. The van der Waals surface area contributed by atoms with Gasteiger partial charge in [0.15, 0.2) is 0 Å². The second-order valence-corrected chi connectivity index (χ2v) is 5.03. The van der Waals surface area contributed by atoms with Crippen molar-refractivity contribution >= 4 is 23.5 Å². The topological polar surface area (TPSA) is 62.1 Å². The van der Waals surface area contributed by atoms with E-state index in [1.54, 1.807) is 11.3 Å². The number of nitrogens with zero attached hydrogens (tertiary/aromatic N) is 3. The van der Waals surface area contributed by atoms with Crippen molar-refractivity contribution in [2.75, 3.05) is 6.54 Å². The zero-order chi connectivity index (χ0) is 15.4. The van der Waals surface area contributed by atoms with Crippen LogP contribution in [0.2, 0.25) is 0 Å². The van der Waals surface area contributed by atoms with E-state index in [2.05, 4.69) is 10.2 Å². The average molecular weight is 285 g/mol. The van der Waals surface area contributed by atoms with E-state index in [-0.39, 0.29) is 11.6 Å². The van der Waals surface area contributed by atoms with Gasteiger partial charge in [-0.05, 0) is 26.3 Å². The van der Waals surface area contributed by atoms with Gasteiger partial charge in [0.05, 0.1) is 24.1 Å². The maximum atomic E-state index is 11.9. The summed E-state index contributed by atoms with van der Waals surface area (Å²) in [7, 11) is 0. The SMILES string of the molecule is CCN1N=CC(C(C(C)=O)C(C)=O)C(c2ccccc2)=N1. The Balaban J connectivity index is 2.46. The van der Waals surface area contributed by atoms with Gasteiger partial charge >= 0.3 is 0 Å². The zero-order valence-corrected chi connectivity index (χ0v) is 12.5. The third-order valence-electron chi connectivity index (χ3n) is 3.49. The van der Waals surface area contributed by atoms with E-state index in [1.165, 1.54) is 13.8 Å². The normalized spacial score (nSPS) is 17.8. The van der Waals surface area contributed by atoms with E-state index in [4.69, 9.17) is 0 Å². The largest absolute Gasteiger partial charge is 0.299 e. The molecule has 1 aliphatic rings. The van der Waals surface area contributed by atoms with Gasteiger partial charge < -0.3 is 0 Å². The molecule has 0 aromatic heterocycles. The van der Waals surface area contributed by atoms with Gasteiger partial charge in [0.1, 0.15) is 11.6 Å². The molecule has 0 saturated heterocycles. The molecule has 0 fully saturated rings. The van der Waals surface area contributed by atoms with E-state index in [1.807, 2.05) is 37.3 Å². The van der Waals surface area contributed by atoms with Gasteiger partial charge in [-0.1, -0.05) is 30.3 Å². The van der Waals surface area contributed by atoms with Crippen LogP contribution in [0.15, 0.2) is 40.5 Å². The Labute approximate surface area is 124 Å². The summed E-state index contributed by atoms with van der Waals surface area (Å²) in [6.07, 6.45) is 1.66. The molecule has 1 unspecified atom stereocenters. The van der Waals surface area contributed by atoms with E-state index in [9.17, 15) is 9.59 Å². The minimum atomic E-state index is -0.730. The highest BCUT2D eigenvalue weighted by Crippen LogP contribution is 2.23. The van der Waals surface area contributed by atoms with E-state index < -0.39 is 11.8 Å². The number of carbonyl (C=O) groups excluding carboxylic acids is 2. The number of rotatable bonds is 5. The fourth-order valence-corrected chi connectivity index (χ4v) is 2.48. The molecule has 0 N–H and O–H groups in total. The number of carbonyl (C=O) groups is 2. The lowest BCUT2D eigenvalue weighted by atomic mass is 9.81. The van der Waals surface area contributed by atoms with Gasteiger partial charge in [0.2, 0.25) is 0 Å². The molecule has 1 heterocycles. The fraction of sp³-hybridized carbons (Fsp3) is 0.375. The van der Waals surface area contributed by atoms with Crippen LogP contribution in [0.4, 0.5) is 0 Å². The maximum absolute atomic E-state index is 11.9. The van der Waals surface area contributed by atoms with Crippen molar-refractivity contribution in [2.45, 2.75) is 20.8 Å². The molecule has 2 rings (SSSR count). The second kappa shape index (κ2) is 6.43. The standard InChI is InChI=1S/C16H19N3O2/c1-4-19-17-10-14(15(11(2)20)12(3)21)16(18-19)13-8-6-5-7-9-13/h5-10,14-15H,4H2,1-3H3. The third kappa shape index (κ3) is 3.24. The molecule has 1 aromatic rings. The highest BCUT2D eigenvalue weighted by atomic mass is 16.1. The van der Waals surface area contributed by atoms with Gasteiger partial charge in [-0.25, -0.2) is 0 Å². The molecule has 1 aromatic carbocycles. The Morgan fingerprint density at radius 1 is 1.19 bits per heavy atom. The molecule has 0 saturated carbocycles. The first-order valence-electron chi connectivity index (χ1n) is 7.01. The van der Waals surface area contributed by atoms with E-state index in [0.717, 1.165) is 5.56 Å². The van der Waals surface area contributed by atoms with Crippen LogP contribution in [0.1, 0.15) is 26.3 Å². The highest BCUT2D eigenvalue weighted by molar-refractivity contribution is 6.17. The quantitative estimate of drug-likeness (QED) is 0.778. The Morgan fingerprint density at radius 3 is 2.33 bits per heavy atom. The van der Waals surface area contributed by atoms with Crippen molar-refractivity contribution in [1.29, 1.82) is 0 Å². The fourth-order valence-electron chi connectivity index (χ4n) is 2.48. The summed E-state index contributed by atoms with van der Waals surface area (Å²) in [5, 5.41) is 10.3. The summed E-state index contributed by atoms with van der Waals surface area (Å²) < 4.78 is 0. The number of ketones is 2. The van der Waals surface area contributed by atoms with Crippen molar-refractivity contribution in [1.82, 2.24) is 5.12 Å². The molecular formula is C16H19N3O2. The van der Waals surface area contributed by atoms with E-state index in [0.29, 0.717) is 12.3 Å². The van der Waals surface area contributed by atoms with E-state index >= 15 is 0 Å². The number of Topliss-reactive ketones (excluding diaryl/α,β-unsaturated/α-hetero) is 2. The molecule has 5 nitrogen and oxygen atoms in total. The highest BCUT2D eigenvalue weighted by Gasteiger charge is 2.35. The number of hydrogen-bond donors (Lipinski definition) is 0. The van der Waals surface area contributed by atoms with Gasteiger partial charge in [0, 0.05) is 6.21 Å². The summed E-state index contributed by atoms with van der Waals surface area (Å²) in [6, 6.07) is 9.59. The number of benzene rings is 1. The molecule has 1 aliphatic heterocycles. The van der Waals surface area contributed by atoms with Crippen molar-refractivity contribution in [3.8, 4) is 0 Å². The lowest BCUT2D eigenvalue weighted by Gasteiger charge is -2.27. The van der Waals surface area contributed by atoms with Crippen molar-refractivity contribution in [3.63, 3.8) is 0 Å². The minimum Gasteiger partial charge on any atom is -0.299 e. The molecule has 0 radical (unpaired) electrons. The molecule has 5 heteroatoms. The Kier molecular flexibility index (Phi) is 4.62. The Bertz CT molecular complexity index is 579. The van der Waals surface area contributed by atoms with Gasteiger partial charge in [-0.15, -0.1) is 0 Å². The average Bonchev–Trinajstić information content (AvgIpc) is 2.48. The molecule has 110 valence electrons. The van der Waals surface area contributed by atoms with Gasteiger partial charge in [-0.2, -0.15) is 15.3 Å². The molecule has 21 heavy (non-hydrogen) atoms. The molecule has 0 amide bonds. The number of hydrogen-bond acceptors (Lipinski definition) is 5. The summed E-state index contributed by atoms with van der Waals surface area (Å²) in [6.45, 7) is 5.45. The maximum Gasteiger partial charge on any atom is 0.141 e. The summed E-state index contributed by atoms with van der Waals surface area (Å²) >= 11 is 0. The first-order chi connectivity index (χ1) is 10.0. The van der Waals surface area contributed by atoms with Crippen LogP contribution in [0.5, 0.6) is 0 Å². The van der Waals surface area contributed by atoms with Crippen LogP contribution in [0, 0.1) is 11.8 Å². The van der Waals surface area contributed by atoms with Crippen molar-refractivity contribution < 1.29 is 9.59 Å². The first-order valence-corrected chi connectivity index (χ1v) is 7.01. The summed E-state index contributed by atoms with van der Waals surface area (Å²) in [4.78, 5) is 23.7. The Hall–Kier alpha value is -2.30. The monoisotopic (exact) mass is 285 g/mol. The summed E-state index contributed by atoms with van der Waals surface area (Å²) in [5.41, 5.74) is 1.61. The molecule has 1 atom stereocenters. The minimum absolute atomic E-state index is 0.160. The molecular weight excluding hydrogens is 266 g/mol. The third-order valence-corrected chi connectivity index (χ3v) is 3.49. The predicted molar refractivity (Wildman–Crippen MR) is 82.2 cm³/mol. The Morgan fingerprint density at radius 2 is 1.81 bits per heavy atom. The van der Waals surface area contributed by atoms with Crippen LogP contribution < -0.4 is 0 Å². The molecule has 0 spiro atoms. The van der Waals surface area contributed by atoms with Crippen LogP contribution in [-0.2, 0) is 9.59 Å². The lowest BCUT2D eigenvalue weighted by molar-refractivity contribution is -0.130. The second-order valence-electron chi connectivity index (χ2n) is 5.03. The molecule has 0 bridgehead atoms. The zero-order valence-electron chi connectivity index (χ0n) is 12.5. The van der Waals surface area contributed by atoms with Crippen LogP contribution >= 0.6 is 0 Å². The predicted octanol–water partition coefficient (Wildman–Crippen LogP) is 2.12. The van der Waals surface area contributed by atoms with Crippen LogP contribution in [-0.4, -0.2) is 35.2 Å². The van der Waals surface area contributed by atoms with Crippen LogP contribution in [0.25, 0.3) is 0 Å². The smallest absolute Gasteiger partial charge is 0.141 e. The lowest BCUT2D eigenvalue weighted by Crippen LogP contribution is -2.38.